The smallest absolute Gasteiger partial charge is 0.162 e. The zero-order valence-electron chi connectivity index (χ0n) is 31.7. The number of fused-ring (bicyclic) bond motifs is 4. The van der Waals surface area contributed by atoms with Crippen LogP contribution in [0.3, 0.4) is 0 Å². The van der Waals surface area contributed by atoms with Crippen LogP contribution in [0.15, 0.2) is 66.5 Å². The normalized spacial score (nSPS) is 12.8. The summed E-state index contributed by atoms with van der Waals surface area (Å²) in [4.78, 5) is 16.4. The monoisotopic (exact) mass is 845 g/mol. The molecular weight excluding hydrogens is 791 g/mol. The summed E-state index contributed by atoms with van der Waals surface area (Å²) in [6.45, 7) is 21.8. The Hall–Kier alpha value is -2.63. The number of aryl methyl sites for hydroxylation is 1. The number of nitrogens with zero attached hydrogens (tertiary/aromatic N) is 1. The van der Waals surface area contributed by atoms with Crippen molar-refractivity contribution in [2.45, 2.75) is 99.7 Å². The van der Waals surface area contributed by atoms with E-state index in [1.54, 1.807) is 11.3 Å². The van der Waals surface area contributed by atoms with Crippen molar-refractivity contribution in [2.24, 2.45) is 11.8 Å². The minimum atomic E-state index is -1.50. The molecule has 253 valence electrons. The van der Waals surface area contributed by atoms with E-state index < -0.39 is 8.07 Å². The van der Waals surface area contributed by atoms with Crippen LogP contribution >= 0.6 is 11.3 Å². The van der Waals surface area contributed by atoms with Crippen molar-refractivity contribution in [3.8, 4) is 11.3 Å². The van der Waals surface area contributed by atoms with Crippen LogP contribution in [0.4, 0.5) is 0 Å². The number of pyridine rings is 1. The number of carbonyl (C=O) groups is 1. The summed E-state index contributed by atoms with van der Waals surface area (Å²) in [6.07, 6.45) is 4.93. The van der Waals surface area contributed by atoms with Crippen LogP contribution in [0.5, 0.6) is 0 Å². The molecule has 5 aromatic rings. The maximum absolute atomic E-state index is 11.7. The average Bonchev–Trinajstić information content (AvgIpc) is 3.44. The van der Waals surface area contributed by atoms with Crippen molar-refractivity contribution < 1.29 is 32.7 Å². The molecule has 1 N–H and O–H groups in total. The number of hydrogen-bond donors (Lipinski definition) is 1. The quantitative estimate of drug-likeness (QED) is 0.0659. The number of aliphatic hydroxyl groups is 1. The van der Waals surface area contributed by atoms with Gasteiger partial charge in [0.25, 0.3) is 0 Å². The maximum atomic E-state index is 11.7. The van der Waals surface area contributed by atoms with E-state index in [0.29, 0.717) is 5.92 Å². The Morgan fingerprint density at radius 2 is 1.60 bits per heavy atom. The second-order valence-electron chi connectivity index (χ2n) is 13.7. The molecule has 3 nitrogen and oxygen atoms in total. The number of thiophene rings is 1. The van der Waals surface area contributed by atoms with Gasteiger partial charge in [-0.05, 0) is 55.5 Å². The molecule has 3 aromatic carbocycles. The number of aromatic nitrogens is 1. The van der Waals surface area contributed by atoms with E-state index in [4.69, 9.17) is 2.74 Å². The predicted octanol–water partition coefficient (Wildman–Crippen LogP) is 11.9. The zero-order valence-corrected chi connectivity index (χ0v) is 33.9. The van der Waals surface area contributed by atoms with E-state index in [2.05, 4.69) is 87.9 Å². The molecular formula is C41H52IrNO2SSi-. The molecule has 0 spiro atoms. The topological polar surface area (TPSA) is 50.2 Å². The first-order chi connectivity index (χ1) is 22.7. The Morgan fingerprint density at radius 3 is 2.19 bits per heavy atom. The Kier molecular flexibility index (Phi) is 12.6. The third kappa shape index (κ3) is 8.51. The molecule has 0 fully saturated rings. The molecule has 0 aliphatic carbocycles. The number of hydrogen-bond acceptors (Lipinski definition) is 4. The molecule has 0 aliphatic rings. The second-order valence-corrected chi connectivity index (χ2v) is 19.8. The summed E-state index contributed by atoms with van der Waals surface area (Å²) < 4.78 is 19.4. The number of carbonyl (C=O) groups excluding carboxylic acids is 1. The van der Waals surface area contributed by atoms with Gasteiger partial charge in [0.2, 0.25) is 0 Å². The molecule has 0 unspecified atom stereocenters. The Morgan fingerprint density at radius 1 is 0.957 bits per heavy atom. The fourth-order valence-corrected chi connectivity index (χ4v) is 9.60. The Labute approximate surface area is 304 Å². The first-order valence-electron chi connectivity index (χ1n) is 17.9. The van der Waals surface area contributed by atoms with E-state index in [0.717, 1.165) is 57.8 Å². The molecule has 2 heterocycles. The molecule has 0 atom stereocenters. The van der Waals surface area contributed by atoms with E-state index >= 15 is 0 Å². The van der Waals surface area contributed by atoms with Gasteiger partial charge in [0.15, 0.2) is 5.78 Å². The van der Waals surface area contributed by atoms with Crippen molar-refractivity contribution in [1.29, 1.82) is 0 Å². The molecule has 0 bridgehead atoms. The van der Waals surface area contributed by atoms with Crippen LogP contribution in [0.25, 0.3) is 42.2 Å². The second kappa shape index (κ2) is 16.7. The van der Waals surface area contributed by atoms with Gasteiger partial charge in [-0.1, -0.05) is 108 Å². The fraction of sp³-hybridized carbons (Fsp3) is 0.415. The molecule has 0 saturated heterocycles. The number of ketones is 1. The Balaban J connectivity index is 0.000000347. The minimum absolute atomic E-state index is 0. The molecule has 0 amide bonds. The van der Waals surface area contributed by atoms with Gasteiger partial charge in [-0.3, -0.25) is 9.78 Å². The van der Waals surface area contributed by atoms with Gasteiger partial charge in [-0.2, -0.15) is 0 Å². The molecule has 0 aliphatic heterocycles. The van der Waals surface area contributed by atoms with Gasteiger partial charge in [-0.15, -0.1) is 40.5 Å². The van der Waals surface area contributed by atoms with Crippen LogP contribution in [-0.4, -0.2) is 23.9 Å². The van der Waals surface area contributed by atoms with Gasteiger partial charge in [-0.25, -0.2) is 0 Å². The summed E-state index contributed by atoms with van der Waals surface area (Å²) in [5, 5.41) is 15.4. The van der Waals surface area contributed by atoms with Gasteiger partial charge in [0.05, 0.1) is 16.6 Å². The number of benzene rings is 3. The largest absolute Gasteiger partial charge is 0.512 e. The molecule has 2 aromatic heterocycles. The maximum Gasteiger partial charge on any atom is 0.162 e. The summed E-state index contributed by atoms with van der Waals surface area (Å²) >= 11 is 1.72. The molecule has 5 rings (SSSR count). The first-order valence-corrected chi connectivity index (χ1v) is 21.2. The van der Waals surface area contributed by atoms with Gasteiger partial charge >= 0.3 is 0 Å². The van der Waals surface area contributed by atoms with Crippen LogP contribution in [0.1, 0.15) is 87.0 Å². The van der Waals surface area contributed by atoms with E-state index in [9.17, 15) is 9.90 Å². The van der Waals surface area contributed by atoms with Crippen molar-refractivity contribution in [1.82, 2.24) is 4.98 Å². The number of aliphatic hydroxyl groups excluding tert-OH is 1. The van der Waals surface area contributed by atoms with Crippen molar-refractivity contribution in [3.05, 3.63) is 83.7 Å². The van der Waals surface area contributed by atoms with E-state index in [-0.39, 0.29) is 55.7 Å². The van der Waals surface area contributed by atoms with Gasteiger partial charge in [0.1, 0.15) is 0 Å². The number of allylic oxidation sites excluding steroid dienone is 2. The van der Waals surface area contributed by atoms with Crippen molar-refractivity contribution in [2.75, 3.05) is 0 Å². The first kappa shape index (κ1) is 35.7. The van der Waals surface area contributed by atoms with Crippen LogP contribution < -0.4 is 5.19 Å². The minimum Gasteiger partial charge on any atom is -0.512 e. The van der Waals surface area contributed by atoms with Crippen molar-refractivity contribution >= 4 is 61.3 Å². The van der Waals surface area contributed by atoms with Gasteiger partial charge < -0.3 is 5.11 Å². The molecule has 0 saturated carbocycles. The van der Waals surface area contributed by atoms with Crippen LogP contribution in [-0.2, 0) is 24.9 Å². The number of rotatable bonds is 10. The Bertz CT molecular complexity index is 1970. The molecule has 1 radical (unpaired) electrons. The third-order valence-corrected chi connectivity index (χ3v) is 12.7. The van der Waals surface area contributed by atoms with Crippen LogP contribution in [0, 0.1) is 24.8 Å². The standard InChI is InChI=1S/C28H28NSSi.C13H24O2.Ir/c1-17(2)24-16-20(15-19-9-7-8-10-21(19)24)26-28-23(13-14-29-26)22-11-12-25(31(4,5)6)18(3)27(22)30-28;1-5-10(6-2)12(14)9-13(15)11(7-3)8-4;/h7-14,16-17H,1-6H3;9-11,14H,5-8H2,1-4H3;/q-1;;/b;12-9-;/i13D,14D;;. The zero-order chi connectivity index (χ0) is 35.5. The third-order valence-electron chi connectivity index (χ3n) is 9.24. The SMILES string of the molecule is CCC(CC)C(=O)/C=C(\O)C(CC)CC.[2H]c1nc(-c2[c-]c3ccccc3c(C(C)C)c2)c2sc3c(C)c([Si](C)(C)C)ccc3c2c1[2H].[Ir]. The predicted molar refractivity (Wildman–Crippen MR) is 205 cm³/mol. The van der Waals surface area contributed by atoms with E-state index in [1.807, 2.05) is 33.8 Å². The molecule has 47 heavy (non-hydrogen) atoms. The summed E-state index contributed by atoms with van der Waals surface area (Å²) in [5.74, 6) is 0.903. The fourth-order valence-electron chi connectivity index (χ4n) is 6.41. The molecule has 6 heteroatoms. The van der Waals surface area contributed by atoms with E-state index in [1.165, 1.54) is 32.5 Å². The van der Waals surface area contributed by atoms with Gasteiger partial charge in [0, 0.05) is 64.7 Å². The summed E-state index contributed by atoms with van der Waals surface area (Å²) in [6, 6.07) is 18.7. The van der Waals surface area contributed by atoms with Crippen molar-refractivity contribution in [3.63, 3.8) is 0 Å². The van der Waals surface area contributed by atoms with Crippen LogP contribution in [0.2, 0.25) is 19.6 Å². The summed E-state index contributed by atoms with van der Waals surface area (Å²) in [7, 11) is -1.50. The summed E-state index contributed by atoms with van der Waals surface area (Å²) in [5.41, 5.74) is 4.25. The average molecular weight is 845 g/mol.